The van der Waals surface area contributed by atoms with E-state index in [9.17, 15) is 14.0 Å². The summed E-state index contributed by atoms with van der Waals surface area (Å²) in [6.45, 7) is 8.00. The highest BCUT2D eigenvalue weighted by Gasteiger charge is 2.27. The molecule has 0 unspecified atom stereocenters. The molecule has 1 saturated heterocycles. The number of likely N-dealkylation sites (tertiary alicyclic amines) is 1. The number of hydrogen-bond acceptors (Lipinski definition) is 3. The quantitative estimate of drug-likeness (QED) is 0.775. The number of hydrogen-bond donors (Lipinski definition) is 2. The summed E-state index contributed by atoms with van der Waals surface area (Å²) in [5.74, 6) is -0.684. The molecule has 0 spiro atoms. The van der Waals surface area contributed by atoms with Crippen molar-refractivity contribution in [2.24, 2.45) is 5.92 Å². The Balaban J connectivity index is 1.64. The average molecular weight is 412 g/mol. The van der Waals surface area contributed by atoms with Gasteiger partial charge in [0.2, 0.25) is 5.91 Å². The van der Waals surface area contributed by atoms with Crippen LogP contribution in [0.15, 0.2) is 48.5 Å². The van der Waals surface area contributed by atoms with Gasteiger partial charge in [-0.05, 0) is 70.0 Å². The van der Waals surface area contributed by atoms with Crippen LogP contribution >= 0.6 is 0 Å². The summed E-state index contributed by atoms with van der Waals surface area (Å²) in [7, 11) is 0. The first-order valence-electron chi connectivity index (χ1n) is 10.4. The standard InChI is InChI=1S/C24H30FN3O2/c1-24(2,3)27-23(30)20-8-4-5-9-21(20)26-22(29)18-7-6-14-28(16-18)15-17-10-12-19(25)13-11-17/h4-5,8-13,18H,6-7,14-16H2,1-3H3,(H,26,29)(H,27,30)/t18-/m0/s1. The molecule has 0 saturated carbocycles. The van der Waals surface area contributed by atoms with Gasteiger partial charge in [-0.3, -0.25) is 14.5 Å². The Bertz CT molecular complexity index is 890. The molecule has 1 fully saturated rings. The molecular weight excluding hydrogens is 381 g/mol. The summed E-state index contributed by atoms with van der Waals surface area (Å²) in [5.41, 5.74) is 1.65. The van der Waals surface area contributed by atoms with E-state index in [1.807, 2.05) is 26.8 Å². The van der Waals surface area contributed by atoms with Crippen LogP contribution in [0.25, 0.3) is 0 Å². The van der Waals surface area contributed by atoms with E-state index in [0.29, 0.717) is 24.3 Å². The van der Waals surface area contributed by atoms with Crippen molar-refractivity contribution in [1.82, 2.24) is 10.2 Å². The Kier molecular flexibility index (Phi) is 6.87. The van der Waals surface area contributed by atoms with Crippen LogP contribution in [0, 0.1) is 11.7 Å². The van der Waals surface area contributed by atoms with Crippen molar-refractivity contribution in [3.63, 3.8) is 0 Å². The summed E-state index contributed by atoms with van der Waals surface area (Å²) in [5, 5.41) is 5.90. The number of benzene rings is 2. The van der Waals surface area contributed by atoms with E-state index < -0.39 is 0 Å². The van der Waals surface area contributed by atoms with Crippen molar-refractivity contribution in [3.8, 4) is 0 Å². The highest BCUT2D eigenvalue weighted by molar-refractivity contribution is 6.04. The van der Waals surface area contributed by atoms with Crippen molar-refractivity contribution in [2.45, 2.75) is 45.7 Å². The predicted octanol–water partition coefficient (Wildman–Crippen LogP) is 4.20. The lowest BCUT2D eigenvalue weighted by atomic mass is 9.96. The van der Waals surface area contributed by atoms with Crippen molar-refractivity contribution in [1.29, 1.82) is 0 Å². The Morgan fingerprint density at radius 3 is 2.50 bits per heavy atom. The number of rotatable bonds is 5. The largest absolute Gasteiger partial charge is 0.347 e. The van der Waals surface area contributed by atoms with E-state index in [4.69, 9.17) is 0 Å². The molecule has 5 nitrogen and oxygen atoms in total. The maximum absolute atomic E-state index is 13.1. The van der Waals surface area contributed by atoms with Crippen LogP contribution in [0.3, 0.4) is 0 Å². The van der Waals surface area contributed by atoms with Gasteiger partial charge in [-0.25, -0.2) is 4.39 Å². The maximum Gasteiger partial charge on any atom is 0.253 e. The van der Waals surface area contributed by atoms with Crippen molar-refractivity contribution in [2.75, 3.05) is 18.4 Å². The minimum absolute atomic E-state index is 0.0742. The van der Waals surface area contributed by atoms with E-state index in [1.54, 1.807) is 30.3 Å². The topological polar surface area (TPSA) is 61.4 Å². The molecule has 0 radical (unpaired) electrons. The van der Waals surface area contributed by atoms with E-state index in [1.165, 1.54) is 12.1 Å². The molecule has 3 rings (SSSR count). The molecule has 0 aromatic heterocycles. The second kappa shape index (κ2) is 9.39. The molecule has 1 aliphatic heterocycles. The van der Waals surface area contributed by atoms with Gasteiger partial charge >= 0.3 is 0 Å². The summed E-state index contributed by atoms with van der Waals surface area (Å²) in [6.07, 6.45) is 1.73. The van der Waals surface area contributed by atoms with Crippen molar-refractivity contribution < 1.29 is 14.0 Å². The first kappa shape index (κ1) is 22.0. The molecule has 30 heavy (non-hydrogen) atoms. The highest BCUT2D eigenvalue weighted by atomic mass is 19.1. The predicted molar refractivity (Wildman–Crippen MR) is 117 cm³/mol. The summed E-state index contributed by atoms with van der Waals surface area (Å²) >= 11 is 0. The van der Waals surface area contributed by atoms with Crippen molar-refractivity contribution in [3.05, 3.63) is 65.5 Å². The Morgan fingerprint density at radius 2 is 1.80 bits per heavy atom. The molecule has 1 heterocycles. The summed E-state index contributed by atoms with van der Waals surface area (Å²) in [4.78, 5) is 27.8. The van der Waals surface area contributed by atoms with Gasteiger partial charge in [0.1, 0.15) is 5.82 Å². The van der Waals surface area contributed by atoms with Crippen LogP contribution in [-0.2, 0) is 11.3 Å². The zero-order valence-electron chi connectivity index (χ0n) is 17.9. The molecule has 160 valence electrons. The monoisotopic (exact) mass is 411 g/mol. The second-order valence-electron chi connectivity index (χ2n) is 8.94. The van der Waals surface area contributed by atoms with E-state index in [0.717, 1.165) is 24.9 Å². The van der Waals surface area contributed by atoms with Gasteiger partial charge in [-0.15, -0.1) is 0 Å². The van der Waals surface area contributed by atoms with Gasteiger partial charge in [0.05, 0.1) is 17.2 Å². The van der Waals surface area contributed by atoms with Gasteiger partial charge in [0.15, 0.2) is 0 Å². The third-order valence-corrected chi connectivity index (χ3v) is 5.11. The Labute approximate surface area is 177 Å². The van der Waals surface area contributed by atoms with Gasteiger partial charge < -0.3 is 10.6 Å². The summed E-state index contributed by atoms with van der Waals surface area (Å²) < 4.78 is 13.1. The molecule has 2 N–H and O–H groups in total. The lowest BCUT2D eigenvalue weighted by molar-refractivity contribution is -0.121. The SMILES string of the molecule is CC(C)(C)NC(=O)c1ccccc1NC(=O)[C@H]1CCCN(Cc2ccc(F)cc2)C1. The van der Waals surface area contributed by atoms with Gasteiger partial charge in [-0.2, -0.15) is 0 Å². The fraction of sp³-hybridized carbons (Fsp3) is 0.417. The first-order chi connectivity index (χ1) is 14.2. The van der Waals surface area contributed by atoms with E-state index in [-0.39, 0.29) is 29.1 Å². The fourth-order valence-corrected chi connectivity index (χ4v) is 3.69. The third kappa shape index (κ3) is 6.13. The molecule has 1 atom stereocenters. The normalized spacial score (nSPS) is 17.4. The molecule has 2 aromatic carbocycles. The highest BCUT2D eigenvalue weighted by Crippen LogP contribution is 2.22. The number of piperidine rings is 1. The third-order valence-electron chi connectivity index (χ3n) is 5.11. The number of carbonyl (C=O) groups is 2. The number of nitrogens with zero attached hydrogens (tertiary/aromatic N) is 1. The lowest BCUT2D eigenvalue weighted by Gasteiger charge is -2.32. The van der Waals surface area contributed by atoms with Crippen LogP contribution in [0.4, 0.5) is 10.1 Å². The summed E-state index contributed by atoms with van der Waals surface area (Å²) in [6, 6.07) is 13.6. The van der Waals surface area contributed by atoms with Crippen LogP contribution in [-0.4, -0.2) is 35.3 Å². The number of halogens is 1. The van der Waals surface area contributed by atoms with Gasteiger partial charge in [-0.1, -0.05) is 24.3 Å². The van der Waals surface area contributed by atoms with E-state index in [2.05, 4.69) is 15.5 Å². The number of anilines is 1. The Morgan fingerprint density at radius 1 is 1.10 bits per heavy atom. The second-order valence-corrected chi connectivity index (χ2v) is 8.94. The van der Waals surface area contributed by atoms with Crippen molar-refractivity contribution >= 4 is 17.5 Å². The smallest absolute Gasteiger partial charge is 0.253 e. The molecule has 0 aliphatic carbocycles. The number of nitrogens with one attached hydrogen (secondary N) is 2. The molecule has 0 bridgehead atoms. The molecule has 2 amide bonds. The maximum atomic E-state index is 13.1. The fourth-order valence-electron chi connectivity index (χ4n) is 3.69. The minimum atomic E-state index is -0.363. The van der Waals surface area contributed by atoms with Crippen LogP contribution in [0.5, 0.6) is 0 Å². The molecular formula is C24H30FN3O2. The number of para-hydroxylation sites is 1. The lowest BCUT2D eigenvalue weighted by Crippen LogP contribution is -2.42. The first-order valence-corrected chi connectivity index (χ1v) is 10.4. The Hall–Kier alpha value is -2.73. The van der Waals surface area contributed by atoms with Crippen LogP contribution in [0.2, 0.25) is 0 Å². The van der Waals surface area contributed by atoms with Gasteiger partial charge in [0.25, 0.3) is 5.91 Å². The van der Waals surface area contributed by atoms with E-state index >= 15 is 0 Å². The van der Waals surface area contributed by atoms with Crippen LogP contribution in [0.1, 0.15) is 49.5 Å². The van der Waals surface area contributed by atoms with Gasteiger partial charge in [0, 0.05) is 18.6 Å². The average Bonchev–Trinajstić information content (AvgIpc) is 2.69. The number of carbonyl (C=O) groups excluding carboxylic acids is 2. The minimum Gasteiger partial charge on any atom is -0.347 e. The van der Waals surface area contributed by atoms with Crippen LogP contribution < -0.4 is 10.6 Å². The molecule has 1 aliphatic rings. The zero-order chi connectivity index (χ0) is 21.7. The molecule has 6 heteroatoms. The number of amides is 2. The zero-order valence-corrected chi connectivity index (χ0v) is 17.9. The molecule has 2 aromatic rings.